The maximum absolute atomic E-state index is 6.32. The molecule has 0 saturated heterocycles. The molecule has 2 rings (SSSR count). The van der Waals surface area contributed by atoms with Crippen molar-refractivity contribution >= 4 is 0 Å². The molecular weight excluding hydrogens is 262 g/mol. The molecule has 4 heteroatoms. The van der Waals surface area contributed by atoms with Gasteiger partial charge in [0.15, 0.2) is 0 Å². The second-order valence-electron chi connectivity index (χ2n) is 5.32. The van der Waals surface area contributed by atoms with E-state index in [1.54, 1.807) is 7.11 Å². The van der Waals surface area contributed by atoms with Gasteiger partial charge in [0.25, 0.3) is 0 Å². The Morgan fingerprint density at radius 2 is 2.05 bits per heavy atom. The molecule has 0 aliphatic rings. The van der Waals surface area contributed by atoms with E-state index in [2.05, 4.69) is 41.8 Å². The highest BCUT2D eigenvalue weighted by Gasteiger charge is 2.11. The molecule has 2 N–H and O–H groups in total. The maximum Gasteiger partial charge on any atom is 0.119 e. The summed E-state index contributed by atoms with van der Waals surface area (Å²) in [6, 6.07) is 10.4. The van der Waals surface area contributed by atoms with Crippen LogP contribution in [-0.2, 0) is 25.8 Å². The molecule has 1 aromatic heterocycles. The van der Waals surface area contributed by atoms with Gasteiger partial charge in [-0.1, -0.05) is 19.1 Å². The summed E-state index contributed by atoms with van der Waals surface area (Å²) >= 11 is 0. The van der Waals surface area contributed by atoms with Crippen LogP contribution in [0.15, 0.2) is 30.3 Å². The standard InChI is InChI=1S/C17H25N3O/c1-4-15-12-16(20(5-2)19-15)11-14(18)9-13-7-6-8-17(10-13)21-3/h6-8,10,12,14H,4-5,9,11,18H2,1-3H3. The van der Waals surface area contributed by atoms with Gasteiger partial charge in [0.2, 0.25) is 0 Å². The highest BCUT2D eigenvalue weighted by atomic mass is 16.5. The average Bonchev–Trinajstić information content (AvgIpc) is 2.89. The molecule has 1 heterocycles. The minimum Gasteiger partial charge on any atom is -0.497 e. The first kappa shape index (κ1) is 15.6. The highest BCUT2D eigenvalue weighted by molar-refractivity contribution is 5.29. The third-order valence-electron chi connectivity index (χ3n) is 3.68. The molecule has 21 heavy (non-hydrogen) atoms. The first-order valence-corrected chi connectivity index (χ1v) is 7.60. The summed E-state index contributed by atoms with van der Waals surface area (Å²) < 4.78 is 7.31. The summed E-state index contributed by atoms with van der Waals surface area (Å²) in [7, 11) is 1.69. The van der Waals surface area contributed by atoms with E-state index in [0.29, 0.717) is 0 Å². The van der Waals surface area contributed by atoms with Crippen LogP contribution in [0.25, 0.3) is 0 Å². The van der Waals surface area contributed by atoms with Crippen LogP contribution in [0, 0.1) is 0 Å². The van der Waals surface area contributed by atoms with Crippen LogP contribution in [0.4, 0.5) is 0 Å². The predicted molar refractivity (Wildman–Crippen MR) is 85.7 cm³/mol. The molecule has 0 bridgehead atoms. The summed E-state index contributed by atoms with van der Waals surface area (Å²) in [6.07, 6.45) is 2.65. The second kappa shape index (κ2) is 7.27. The number of aryl methyl sites for hydroxylation is 2. The number of methoxy groups -OCH3 is 1. The SMILES string of the molecule is CCc1cc(CC(N)Cc2cccc(OC)c2)n(CC)n1. The summed E-state index contributed by atoms with van der Waals surface area (Å²) in [5.41, 5.74) is 9.90. The van der Waals surface area contributed by atoms with Crippen molar-refractivity contribution in [1.29, 1.82) is 0 Å². The van der Waals surface area contributed by atoms with E-state index in [-0.39, 0.29) is 6.04 Å². The van der Waals surface area contributed by atoms with E-state index in [1.165, 1.54) is 11.3 Å². The Morgan fingerprint density at radius 3 is 2.71 bits per heavy atom. The van der Waals surface area contributed by atoms with Gasteiger partial charge in [-0.15, -0.1) is 0 Å². The molecule has 0 aliphatic carbocycles. The van der Waals surface area contributed by atoms with Crippen molar-refractivity contribution in [2.45, 2.75) is 45.7 Å². The van der Waals surface area contributed by atoms with Gasteiger partial charge in [-0.2, -0.15) is 5.10 Å². The van der Waals surface area contributed by atoms with Crippen molar-refractivity contribution in [3.63, 3.8) is 0 Å². The molecule has 114 valence electrons. The Bertz CT molecular complexity index is 577. The maximum atomic E-state index is 6.32. The molecule has 0 saturated carbocycles. The molecule has 1 unspecified atom stereocenters. The molecule has 1 atom stereocenters. The van der Waals surface area contributed by atoms with Gasteiger partial charge in [0, 0.05) is 24.7 Å². The fourth-order valence-electron chi connectivity index (χ4n) is 2.57. The summed E-state index contributed by atoms with van der Waals surface area (Å²) in [6.45, 7) is 5.13. The largest absolute Gasteiger partial charge is 0.497 e. The lowest BCUT2D eigenvalue weighted by Crippen LogP contribution is -2.26. The molecule has 0 spiro atoms. The number of aromatic nitrogens is 2. The lowest BCUT2D eigenvalue weighted by Gasteiger charge is -2.13. The Labute approximate surface area is 126 Å². The lowest BCUT2D eigenvalue weighted by atomic mass is 10.0. The van der Waals surface area contributed by atoms with E-state index in [4.69, 9.17) is 10.5 Å². The monoisotopic (exact) mass is 287 g/mol. The van der Waals surface area contributed by atoms with Gasteiger partial charge >= 0.3 is 0 Å². The highest BCUT2D eigenvalue weighted by Crippen LogP contribution is 2.15. The third kappa shape index (κ3) is 4.08. The van der Waals surface area contributed by atoms with Gasteiger partial charge in [0.05, 0.1) is 12.8 Å². The number of rotatable bonds is 7. The lowest BCUT2D eigenvalue weighted by molar-refractivity contribution is 0.414. The van der Waals surface area contributed by atoms with Gasteiger partial charge in [0.1, 0.15) is 5.75 Å². The average molecular weight is 287 g/mol. The van der Waals surface area contributed by atoms with Crippen molar-refractivity contribution in [2.24, 2.45) is 5.73 Å². The zero-order chi connectivity index (χ0) is 15.2. The van der Waals surface area contributed by atoms with Crippen molar-refractivity contribution in [3.8, 4) is 5.75 Å². The first-order chi connectivity index (χ1) is 10.2. The Kier molecular flexibility index (Phi) is 5.39. The molecule has 4 nitrogen and oxygen atoms in total. The normalized spacial score (nSPS) is 12.4. The van der Waals surface area contributed by atoms with Crippen molar-refractivity contribution in [3.05, 3.63) is 47.3 Å². The topological polar surface area (TPSA) is 53.1 Å². The van der Waals surface area contributed by atoms with Crippen LogP contribution < -0.4 is 10.5 Å². The fourth-order valence-corrected chi connectivity index (χ4v) is 2.57. The van der Waals surface area contributed by atoms with Crippen LogP contribution in [0.1, 0.15) is 30.8 Å². The van der Waals surface area contributed by atoms with Gasteiger partial charge in [-0.3, -0.25) is 4.68 Å². The molecule has 2 aromatic rings. The number of nitrogens with two attached hydrogens (primary N) is 1. The van der Waals surface area contributed by atoms with Crippen LogP contribution in [0.2, 0.25) is 0 Å². The van der Waals surface area contributed by atoms with E-state index < -0.39 is 0 Å². The summed E-state index contributed by atoms with van der Waals surface area (Å²) in [5, 5.41) is 4.58. The molecule has 1 aromatic carbocycles. The Hall–Kier alpha value is -1.81. The zero-order valence-electron chi connectivity index (χ0n) is 13.2. The number of nitrogens with zero attached hydrogens (tertiary/aromatic N) is 2. The smallest absolute Gasteiger partial charge is 0.119 e. The second-order valence-corrected chi connectivity index (χ2v) is 5.32. The number of benzene rings is 1. The van der Waals surface area contributed by atoms with Gasteiger partial charge < -0.3 is 10.5 Å². The number of hydrogen-bond donors (Lipinski definition) is 1. The fraction of sp³-hybridized carbons (Fsp3) is 0.471. The number of ether oxygens (including phenoxy) is 1. The zero-order valence-corrected chi connectivity index (χ0v) is 13.2. The predicted octanol–water partition coefficient (Wildman–Crippen LogP) is 2.59. The van der Waals surface area contributed by atoms with Crippen LogP contribution in [0.3, 0.4) is 0 Å². The molecule has 0 radical (unpaired) electrons. The summed E-state index contributed by atoms with van der Waals surface area (Å²) in [4.78, 5) is 0. The Morgan fingerprint density at radius 1 is 1.24 bits per heavy atom. The van der Waals surface area contributed by atoms with E-state index in [9.17, 15) is 0 Å². The first-order valence-electron chi connectivity index (χ1n) is 7.60. The molecule has 0 amide bonds. The molecular formula is C17H25N3O. The molecule has 0 fully saturated rings. The van der Waals surface area contributed by atoms with Gasteiger partial charge in [-0.05, 0) is 43.5 Å². The van der Waals surface area contributed by atoms with E-state index >= 15 is 0 Å². The van der Waals surface area contributed by atoms with Crippen molar-refractivity contribution in [2.75, 3.05) is 7.11 Å². The van der Waals surface area contributed by atoms with Crippen molar-refractivity contribution < 1.29 is 4.74 Å². The Balaban J connectivity index is 2.03. The van der Waals surface area contributed by atoms with Crippen LogP contribution in [0.5, 0.6) is 5.75 Å². The third-order valence-corrected chi connectivity index (χ3v) is 3.68. The minimum absolute atomic E-state index is 0.0869. The van der Waals surface area contributed by atoms with Gasteiger partial charge in [-0.25, -0.2) is 0 Å². The molecule has 0 aliphatic heterocycles. The number of hydrogen-bond acceptors (Lipinski definition) is 3. The van der Waals surface area contributed by atoms with E-state index in [1.807, 2.05) is 12.1 Å². The van der Waals surface area contributed by atoms with E-state index in [0.717, 1.165) is 37.3 Å². The minimum atomic E-state index is 0.0869. The van der Waals surface area contributed by atoms with Crippen LogP contribution >= 0.6 is 0 Å². The quantitative estimate of drug-likeness (QED) is 0.851. The van der Waals surface area contributed by atoms with Crippen molar-refractivity contribution in [1.82, 2.24) is 9.78 Å². The summed E-state index contributed by atoms with van der Waals surface area (Å²) in [5.74, 6) is 0.881. The van der Waals surface area contributed by atoms with Crippen LogP contribution in [-0.4, -0.2) is 22.9 Å².